The molecule has 26 heavy (non-hydrogen) atoms. The second-order valence-electron chi connectivity index (χ2n) is 5.89. The van der Waals surface area contributed by atoms with Crippen molar-refractivity contribution >= 4 is 34.2 Å². The van der Waals surface area contributed by atoms with Crippen molar-refractivity contribution in [2.45, 2.75) is 16.2 Å². The number of nitrogens with two attached hydrogens (primary N) is 1. The molecule has 0 aliphatic rings. The van der Waals surface area contributed by atoms with Crippen LogP contribution in [0.1, 0.15) is 12.0 Å². The number of carbonyl (C=O) groups is 1. The molecule has 3 rings (SSSR count). The summed E-state index contributed by atoms with van der Waals surface area (Å²) in [4.78, 5) is 10.4. The van der Waals surface area contributed by atoms with Gasteiger partial charge in [0.15, 0.2) is 4.93 Å². The first-order chi connectivity index (χ1) is 12.4. The molecule has 0 spiro atoms. The van der Waals surface area contributed by atoms with Gasteiger partial charge in [0.05, 0.1) is 13.5 Å². The van der Waals surface area contributed by atoms with Gasteiger partial charge in [0.25, 0.3) is 0 Å². The molecule has 0 aromatic heterocycles. The fraction of sp³-hybridized carbons (Fsp3) is 0.150. The van der Waals surface area contributed by atoms with E-state index in [0.29, 0.717) is 21.9 Å². The van der Waals surface area contributed by atoms with Crippen molar-refractivity contribution in [3.8, 4) is 5.75 Å². The molecule has 1 atom stereocenters. The van der Waals surface area contributed by atoms with Crippen molar-refractivity contribution in [2.75, 3.05) is 12.8 Å². The van der Waals surface area contributed by atoms with Crippen LogP contribution < -0.4 is 10.5 Å². The predicted molar refractivity (Wildman–Crippen MR) is 103 cm³/mol. The molecule has 0 heterocycles. The van der Waals surface area contributed by atoms with Crippen LogP contribution in [0.2, 0.25) is 0 Å². The summed E-state index contributed by atoms with van der Waals surface area (Å²) in [7, 11) is 1.55. The molecule has 0 saturated heterocycles. The molecule has 0 amide bonds. The van der Waals surface area contributed by atoms with Crippen molar-refractivity contribution in [1.29, 1.82) is 0 Å². The van der Waals surface area contributed by atoms with Gasteiger partial charge >= 0.3 is 5.97 Å². The molecule has 0 aliphatic heterocycles. The lowest BCUT2D eigenvalue weighted by atomic mass is 10.1. The van der Waals surface area contributed by atoms with Crippen LogP contribution in [0.3, 0.4) is 0 Å². The van der Waals surface area contributed by atoms with Crippen LogP contribution in [0.25, 0.3) is 10.8 Å². The van der Waals surface area contributed by atoms with Gasteiger partial charge in [-0.15, -0.1) is 0 Å². The molecule has 0 saturated carbocycles. The second-order valence-corrected chi connectivity index (χ2v) is 7.18. The third kappa shape index (κ3) is 3.61. The number of anilines is 1. The number of hydrogen-bond donors (Lipinski definition) is 3. The fourth-order valence-corrected chi connectivity index (χ4v) is 4.07. The van der Waals surface area contributed by atoms with Gasteiger partial charge in [0.1, 0.15) is 5.75 Å². The minimum atomic E-state index is -1.67. The molecule has 0 bridgehead atoms. The zero-order valence-electron chi connectivity index (χ0n) is 14.2. The van der Waals surface area contributed by atoms with E-state index in [-0.39, 0.29) is 0 Å². The van der Waals surface area contributed by atoms with Crippen LogP contribution in [0.15, 0.2) is 65.6 Å². The lowest BCUT2D eigenvalue weighted by Gasteiger charge is -2.28. The highest BCUT2D eigenvalue weighted by molar-refractivity contribution is 8.00. The Morgan fingerprint density at radius 3 is 2.46 bits per heavy atom. The Labute approximate surface area is 155 Å². The number of aliphatic hydroxyl groups is 1. The third-order valence-corrected chi connectivity index (χ3v) is 5.49. The number of rotatable bonds is 6. The van der Waals surface area contributed by atoms with Crippen LogP contribution in [0.4, 0.5) is 5.69 Å². The van der Waals surface area contributed by atoms with E-state index >= 15 is 0 Å². The van der Waals surface area contributed by atoms with Crippen LogP contribution in [-0.4, -0.2) is 23.3 Å². The first kappa shape index (κ1) is 18.1. The van der Waals surface area contributed by atoms with Crippen molar-refractivity contribution in [2.24, 2.45) is 0 Å². The van der Waals surface area contributed by atoms with E-state index in [9.17, 15) is 15.0 Å². The molecule has 134 valence electrons. The topological polar surface area (TPSA) is 92.8 Å². The summed E-state index contributed by atoms with van der Waals surface area (Å²) in [5, 5.41) is 22.4. The lowest BCUT2D eigenvalue weighted by Crippen LogP contribution is -2.25. The van der Waals surface area contributed by atoms with Crippen LogP contribution in [0.5, 0.6) is 5.75 Å². The molecule has 4 N–H and O–H groups in total. The molecule has 0 radical (unpaired) electrons. The minimum Gasteiger partial charge on any atom is -0.497 e. The highest BCUT2D eigenvalue weighted by Gasteiger charge is 2.35. The zero-order chi connectivity index (χ0) is 18.7. The van der Waals surface area contributed by atoms with Gasteiger partial charge < -0.3 is 20.7 Å². The normalized spacial score (nSPS) is 13.3. The number of fused-ring (bicyclic) bond motifs is 1. The molecule has 3 aromatic rings. The number of ether oxygens (including phenoxy) is 1. The van der Waals surface area contributed by atoms with Gasteiger partial charge in [-0.2, -0.15) is 0 Å². The van der Waals surface area contributed by atoms with Gasteiger partial charge in [0, 0.05) is 10.6 Å². The van der Waals surface area contributed by atoms with Crippen LogP contribution >= 0.6 is 11.8 Å². The molecule has 1 unspecified atom stereocenters. The van der Waals surface area contributed by atoms with Gasteiger partial charge in [-0.25, -0.2) is 0 Å². The SMILES string of the molecule is COc1ccc(C(O)(CC(=O)O)Sc2c(N)ccc3ccccc23)cc1. The number of hydrogen-bond acceptors (Lipinski definition) is 5. The molecule has 0 aliphatic carbocycles. The maximum Gasteiger partial charge on any atom is 0.307 e. The monoisotopic (exact) mass is 369 g/mol. The average Bonchev–Trinajstić information content (AvgIpc) is 2.63. The summed E-state index contributed by atoms with van der Waals surface area (Å²) in [6.07, 6.45) is -0.466. The number of carboxylic acid groups (broad SMARTS) is 1. The van der Waals surface area contributed by atoms with Crippen LogP contribution in [0, 0.1) is 0 Å². The first-order valence-corrected chi connectivity index (χ1v) is 8.79. The molecule has 0 fully saturated rings. The van der Waals surface area contributed by atoms with Gasteiger partial charge in [-0.1, -0.05) is 54.2 Å². The van der Waals surface area contributed by atoms with Gasteiger partial charge in [0.2, 0.25) is 0 Å². The summed E-state index contributed by atoms with van der Waals surface area (Å²) in [6, 6.07) is 18.0. The number of aliphatic carboxylic acids is 1. The Hall–Kier alpha value is -2.70. The Kier molecular flexibility index (Phi) is 5.06. The largest absolute Gasteiger partial charge is 0.497 e. The maximum atomic E-state index is 11.4. The molecular weight excluding hydrogens is 350 g/mol. The highest BCUT2D eigenvalue weighted by atomic mass is 32.2. The Balaban J connectivity index is 2.09. The molecular formula is C20H19NO4S. The summed E-state index contributed by atoms with van der Waals surface area (Å²) < 4.78 is 5.13. The Bertz CT molecular complexity index is 942. The number of nitrogen functional groups attached to an aromatic ring is 1. The van der Waals surface area contributed by atoms with Crippen molar-refractivity contribution in [3.63, 3.8) is 0 Å². The van der Waals surface area contributed by atoms with Crippen molar-refractivity contribution in [3.05, 3.63) is 66.2 Å². The summed E-state index contributed by atoms with van der Waals surface area (Å²) in [6.45, 7) is 0. The fourth-order valence-electron chi connectivity index (χ4n) is 2.80. The Morgan fingerprint density at radius 1 is 1.12 bits per heavy atom. The van der Waals surface area contributed by atoms with E-state index < -0.39 is 17.3 Å². The molecule has 5 nitrogen and oxygen atoms in total. The number of thioether (sulfide) groups is 1. The second kappa shape index (κ2) is 7.27. The zero-order valence-corrected chi connectivity index (χ0v) is 15.0. The summed E-state index contributed by atoms with van der Waals surface area (Å²) >= 11 is 1.05. The third-order valence-electron chi connectivity index (χ3n) is 4.11. The quantitative estimate of drug-likeness (QED) is 0.347. The minimum absolute atomic E-state index is 0.466. The maximum absolute atomic E-state index is 11.4. The standard InChI is InChI=1S/C20H19NO4S/c1-25-15-9-7-14(8-10-15)20(24,12-18(22)23)26-19-16-5-3-2-4-13(16)6-11-17(19)21/h2-11,24H,12,21H2,1H3,(H,22,23). The lowest BCUT2D eigenvalue weighted by molar-refractivity contribution is -0.140. The molecule has 6 heteroatoms. The smallest absolute Gasteiger partial charge is 0.307 e. The number of methoxy groups -OCH3 is 1. The number of carboxylic acids is 1. The number of benzene rings is 3. The van der Waals surface area contributed by atoms with E-state index in [1.807, 2.05) is 30.3 Å². The first-order valence-electron chi connectivity index (χ1n) is 7.98. The van der Waals surface area contributed by atoms with E-state index in [1.54, 1.807) is 37.4 Å². The van der Waals surface area contributed by atoms with E-state index in [2.05, 4.69) is 0 Å². The van der Waals surface area contributed by atoms with Crippen molar-refractivity contribution < 1.29 is 19.7 Å². The van der Waals surface area contributed by atoms with E-state index in [4.69, 9.17) is 10.5 Å². The van der Waals surface area contributed by atoms with Crippen LogP contribution in [-0.2, 0) is 9.73 Å². The van der Waals surface area contributed by atoms with Gasteiger partial charge in [-0.05, 0) is 34.5 Å². The summed E-state index contributed by atoms with van der Waals surface area (Å²) in [5.41, 5.74) is 7.11. The van der Waals surface area contributed by atoms with E-state index in [1.165, 1.54) is 0 Å². The highest BCUT2D eigenvalue weighted by Crippen LogP contribution is 2.46. The van der Waals surface area contributed by atoms with Gasteiger partial charge in [-0.3, -0.25) is 4.79 Å². The van der Waals surface area contributed by atoms with E-state index in [0.717, 1.165) is 22.5 Å². The predicted octanol–water partition coefficient (Wildman–Crippen LogP) is 3.84. The summed E-state index contributed by atoms with van der Waals surface area (Å²) in [5.74, 6) is -0.476. The Morgan fingerprint density at radius 2 is 1.81 bits per heavy atom. The molecule has 3 aromatic carbocycles. The van der Waals surface area contributed by atoms with Crippen molar-refractivity contribution in [1.82, 2.24) is 0 Å². The average molecular weight is 369 g/mol.